The van der Waals surface area contributed by atoms with Gasteiger partial charge < -0.3 is 18.6 Å². The van der Waals surface area contributed by atoms with Gasteiger partial charge in [-0.3, -0.25) is 0 Å². The van der Waals surface area contributed by atoms with E-state index >= 15 is 0 Å². The van der Waals surface area contributed by atoms with Gasteiger partial charge in [-0.1, -0.05) is 47.5 Å². The first-order valence-electron chi connectivity index (χ1n) is 9.92. The minimum absolute atomic E-state index is 0.0508. The number of unbranched alkanes of at least 4 members (excludes halogenated alkanes) is 2. The second-order valence-electron chi connectivity index (χ2n) is 8.45. The number of hydrogen-bond acceptors (Lipinski definition) is 4. The summed E-state index contributed by atoms with van der Waals surface area (Å²) >= 11 is 0. The predicted octanol–water partition coefficient (Wildman–Crippen LogP) is 5.29. The van der Waals surface area contributed by atoms with Gasteiger partial charge in [0.05, 0.1) is 12.9 Å². The Kier molecular flexibility index (Phi) is 9.71. The molecule has 0 aromatic heterocycles. The quantitative estimate of drug-likeness (QED) is 0.365. The zero-order valence-corrected chi connectivity index (χ0v) is 18.5. The third-order valence-electron chi connectivity index (χ3n) is 5.24. The van der Waals surface area contributed by atoms with E-state index in [9.17, 15) is 0 Å². The van der Waals surface area contributed by atoms with Crippen molar-refractivity contribution >= 4 is 8.32 Å². The fraction of sp³-hybridized carbons (Fsp3) is 0.900. The van der Waals surface area contributed by atoms with Crippen LogP contribution in [0.4, 0.5) is 0 Å². The van der Waals surface area contributed by atoms with E-state index in [1.807, 2.05) is 6.08 Å². The Labute approximate surface area is 156 Å². The maximum Gasteiger partial charge on any atom is 0.192 e. The van der Waals surface area contributed by atoms with E-state index in [0.29, 0.717) is 6.61 Å². The van der Waals surface area contributed by atoms with Gasteiger partial charge >= 0.3 is 0 Å². The lowest BCUT2D eigenvalue weighted by molar-refractivity contribution is -0.131. The number of ether oxygens (including phenoxy) is 3. The van der Waals surface area contributed by atoms with E-state index in [1.165, 1.54) is 0 Å². The van der Waals surface area contributed by atoms with Crippen molar-refractivity contribution in [3.63, 3.8) is 0 Å². The molecule has 3 unspecified atom stereocenters. The molecule has 0 spiro atoms. The van der Waals surface area contributed by atoms with E-state index < -0.39 is 8.32 Å². The van der Waals surface area contributed by atoms with Crippen molar-refractivity contribution in [2.45, 2.75) is 96.7 Å². The van der Waals surface area contributed by atoms with Crippen LogP contribution < -0.4 is 0 Å². The predicted molar refractivity (Wildman–Crippen MR) is 106 cm³/mol. The molecule has 0 aromatic rings. The van der Waals surface area contributed by atoms with Crippen LogP contribution in [0.1, 0.15) is 60.3 Å². The van der Waals surface area contributed by atoms with Crippen LogP contribution >= 0.6 is 0 Å². The van der Waals surface area contributed by atoms with E-state index in [-0.39, 0.29) is 23.4 Å². The van der Waals surface area contributed by atoms with Crippen LogP contribution in [0.2, 0.25) is 18.1 Å². The molecule has 4 nitrogen and oxygen atoms in total. The Morgan fingerprint density at radius 1 is 1.00 bits per heavy atom. The van der Waals surface area contributed by atoms with E-state index in [4.69, 9.17) is 18.6 Å². The van der Waals surface area contributed by atoms with Gasteiger partial charge in [0, 0.05) is 13.2 Å². The topological polar surface area (TPSA) is 36.9 Å². The Balaban J connectivity index is 2.71. The summed E-state index contributed by atoms with van der Waals surface area (Å²) in [7, 11) is -1.81. The Hall–Kier alpha value is -0.363. The molecule has 1 rings (SSSR count). The largest absolute Gasteiger partial charge is 0.493 e. The van der Waals surface area contributed by atoms with Gasteiger partial charge in [-0.25, -0.2) is 0 Å². The van der Waals surface area contributed by atoms with Gasteiger partial charge in [0.25, 0.3) is 0 Å². The van der Waals surface area contributed by atoms with Crippen LogP contribution in [-0.4, -0.2) is 46.4 Å². The van der Waals surface area contributed by atoms with Crippen LogP contribution in [0, 0.1) is 0 Å². The average molecular weight is 373 g/mol. The molecular weight excluding hydrogens is 332 g/mol. The van der Waals surface area contributed by atoms with Gasteiger partial charge in [0.15, 0.2) is 8.32 Å². The fourth-order valence-corrected chi connectivity index (χ4v) is 3.36. The first-order chi connectivity index (χ1) is 11.7. The molecule has 3 atom stereocenters. The molecule has 0 aromatic carbocycles. The summed E-state index contributed by atoms with van der Waals surface area (Å²) in [5.74, 6) is 0. The first kappa shape index (κ1) is 22.7. The first-order valence-corrected chi connectivity index (χ1v) is 12.8. The van der Waals surface area contributed by atoms with Crippen LogP contribution in [-0.2, 0) is 18.6 Å². The Morgan fingerprint density at radius 3 is 2.16 bits per heavy atom. The summed E-state index contributed by atoms with van der Waals surface area (Å²) in [4.78, 5) is 0. The molecule has 0 N–H and O–H groups in total. The highest BCUT2D eigenvalue weighted by Crippen LogP contribution is 2.37. The van der Waals surface area contributed by atoms with Crippen LogP contribution in [0.15, 0.2) is 12.3 Å². The highest BCUT2D eigenvalue weighted by atomic mass is 28.4. The van der Waals surface area contributed by atoms with Crippen molar-refractivity contribution in [1.29, 1.82) is 0 Å². The van der Waals surface area contributed by atoms with Crippen LogP contribution in [0.5, 0.6) is 0 Å². The van der Waals surface area contributed by atoms with Gasteiger partial charge in [-0.2, -0.15) is 0 Å². The summed E-state index contributed by atoms with van der Waals surface area (Å²) in [6.45, 7) is 17.7. The third-order valence-corrected chi connectivity index (χ3v) is 9.74. The van der Waals surface area contributed by atoms with Crippen molar-refractivity contribution < 1.29 is 18.6 Å². The molecule has 0 fully saturated rings. The lowest BCUT2D eigenvalue weighted by Crippen LogP contribution is -2.49. The van der Waals surface area contributed by atoms with Crippen molar-refractivity contribution in [3.8, 4) is 0 Å². The van der Waals surface area contributed by atoms with Crippen molar-refractivity contribution in [3.05, 3.63) is 12.3 Å². The van der Waals surface area contributed by atoms with Crippen molar-refractivity contribution in [1.82, 2.24) is 0 Å². The summed E-state index contributed by atoms with van der Waals surface area (Å²) in [6.07, 6.45) is 7.86. The molecule has 5 heteroatoms. The van der Waals surface area contributed by atoms with Crippen LogP contribution in [0.25, 0.3) is 0 Å². The maximum absolute atomic E-state index is 6.39. The molecule has 0 aliphatic carbocycles. The molecule has 0 saturated heterocycles. The summed E-state index contributed by atoms with van der Waals surface area (Å²) < 4.78 is 24.5. The highest BCUT2D eigenvalue weighted by Gasteiger charge is 2.40. The molecule has 0 saturated carbocycles. The summed E-state index contributed by atoms with van der Waals surface area (Å²) in [5.41, 5.74) is 0. The van der Waals surface area contributed by atoms with E-state index in [0.717, 1.165) is 38.9 Å². The zero-order chi connectivity index (χ0) is 18.9. The Bertz CT molecular complexity index is 390. The SMILES string of the molecule is CCCCOC1C=COC(CO[Si](C)(C)C(C)(C)C)C1OCCCC. The molecule has 0 radical (unpaired) electrons. The molecule has 1 aliphatic rings. The minimum atomic E-state index is -1.81. The minimum Gasteiger partial charge on any atom is -0.493 e. The normalized spacial score (nSPS) is 24.4. The second kappa shape index (κ2) is 10.7. The van der Waals surface area contributed by atoms with Gasteiger partial charge in [0.1, 0.15) is 18.3 Å². The van der Waals surface area contributed by atoms with Crippen LogP contribution in [0.3, 0.4) is 0 Å². The molecule has 0 bridgehead atoms. The van der Waals surface area contributed by atoms with Crippen molar-refractivity contribution in [2.75, 3.05) is 19.8 Å². The summed E-state index contributed by atoms with van der Waals surface area (Å²) in [5, 5.41) is 0.188. The zero-order valence-electron chi connectivity index (χ0n) is 17.5. The maximum atomic E-state index is 6.39. The molecule has 25 heavy (non-hydrogen) atoms. The van der Waals surface area contributed by atoms with E-state index in [2.05, 4.69) is 47.7 Å². The lowest BCUT2D eigenvalue weighted by Gasteiger charge is -2.40. The van der Waals surface area contributed by atoms with Gasteiger partial charge in [-0.05, 0) is 37.0 Å². The molecule has 1 aliphatic heterocycles. The molecule has 0 amide bonds. The Morgan fingerprint density at radius 2 is 1.60 bits per heavy atom. The number of hydrogen-bond donors (Lipinski definition) is 0. The second-order valence-corrected chi connectivity index (χ2v) is 13.3. The molecular formula is C20H40O4Si. The standard InChI is InChI=1S/C20H40O4Si/c1-8-10-13-21-17-12-15-22-18(19(17)23-14-11-9-2)16-24-25(6,7)20(3,4)5/h12,15,17-19H,8-11,13-14,16H2,1-7H3. The van der Waals surface area contributed by atoms with Gasteiger partial charge in [-0.15, -0.1) is 0 Å². The van der Waals surface area contributed by atoms with Gasteiger partial charge in [0.2, 0.25) is 0 Å². The molecule has 1 heterocycles. The fourth-order valence-electron chi connectivity index (χ4n) is 2.34. The van der Waals surface area contributed by atoms with Crippen molar-refractivity contribution in [2.24, 2.45) is 0 Å². The lowest BCUT2D eigenvalue weighted by atomic mass is 10.1. The monoisotopic (exact) mass is 372 g/mol. The van der Waals surface area contributed by atoms with E-state index in [1.54, 1.807) is 6.26 Å². The summed E-state index contributed by atoms with van der Waals surface area (Å²) in [6, 6.07) is 0. The number of rotatable bonds is 11. The third kappa shape index (κ3) is 7.41. The smallest absolute Gasteiger partial charge is 0.192 e. The average Bonchev–Trinajstić information content (AvgIpc) is 2.54. The highest BCUT2D eigenvalue weighted by molar-refractivity contribution is 6.74. The molecule has 148 valence electrons.